The zero-order valence-electron chi connectivity index (χ0n) is 16.3. The van der Waals surface area contributed by atoms with Crippen molar-refractivity contribution in [3.05, 3.63) is 107 Å². The van der Waals surface area contributed by atoms with Gasteiger partial charge in [0, 0.05) is 5.56 Å². The predicted octanol–water partition coefficient (Wildman–Crippen LogP) is 4.03. The molecular weight excluding hydrogens is 390 g/mol. The van der Waals surface area contributed by atoms with Crippen molar-refractivity contribution >= 4 is 22.8 Å². The molecule has 0 spiro atoms. The van der Waals surface area contributed by atoms with E-state index in [0.29, 0.717) is 10.9 Å². The van der Waals surface area contributed by atoms with E-state index in [1.807, 2.05) is 60.7 Å². The van der Waals surface area contributed by atoms with Crippen molar-refractivity contribution in [1.29, 1.82) is 0 Å². The Morgan fingerprint density at radius 2 is 1.55 bits per heavy atom. The van der Waals surface area contributed by atoms with Gasteiger partial charge in [-0.05, 0) is 30.3 Å². The molecule has 0 aliphatic carbocycles. The van der Waals surface area contributed by atoms with Gasteiger partial charge in [-0.3, -0.25) is 19.9 Å². The van der Waals surface area contributed by atoms with Gasteiger partial charge in [-0.25, -0.2) is 9.67 Å². The number of amides is 1. The standard InChI is InChI=1S/C24H17N5O2/c30-22-18-13-7-8-14-19(18)25-24(26-22)27-23(31)20-15-21(16-9-3-1-4-10-16)29(28-20)17-11-5-2-6-12-17/h1-15H,(H2,25,26,27,30,31). The topological polar surface area (TPSA) is 92.7 Å². The molecule has 0 bridgehead atoms. The highest BCUT2D eigenvalue weighted by atomic mass is 16.2. The van der Waals surface area contributed by atoms with Crippen molar-refractivity contribution in [1.82, 2.24) is 19.7 Å². The van der Waals surface area contributed by atoms with Gasteiger partial charge in [0.15, 0.2) is 5.69 Å². The van der Waals surface area contributed by atoms with Crippen molar-refractivity contribution in [3.8, 4) is 16.9 Å². The molecule has 0 saturated heterocycles. The normalized spacial score (nSPS) is 10.8. The summed E-state index contributed by atoms with van der Waals surface area (Å²) in [5.41, 5.74) is 2.92. The highest BCUT2D eigenvalue weighted by molar-refractivity contribution is 6.03. The molecule has 2 aromatic heterocycles. The Balaban J connectivity index is 1.54. The quantitative estimate of drug-likeness (QED) is 0.470. The fourth-order valence-electron chi connectivity index (χ4n) is 3.39. The first-order chi connectivity index (χ1) is 15.2. The van der Waals surface area contributed by atoms with Crippen LogP contribution in [-0.4, -0.2) is 25.7 Å². The van der Waals surface area contributed by atoms with Gasteiger partial charge in [0.1, 0.15) is 0 Å². The molecule has 1 amide bonds. The Morgan fingerprint density at radius 1 is 0.871 bits per heavy atom. The van der Waals surface area contributed by atoms with E-state index in [1.54, 1.807) is 35.0 Å². The van der Waals surface area contributed by atoms with Crippen LogP contribution in [0.15, 0.2) is 95.8 Å². The van der Waals surface area contributed by atoms with Crippen LogP contribution in [0.2, 0.25) is 0 Å². The van der Waals surface area contributed by atoms with Crippen molar-refractivity contribution in [3.63, 3.8) is 0 Å². The minimum atomic E-state index is -0.467. The Morgan fingerprint density at radius 3 is 2.32 bits per heavy atom. The summed E-state index contributed by atoms with van der Waals surface area (Å²) < 4.78 is 1.72. The Labute approximate surface area is 177 Å². The lowest BCUT2D eigenvalue weighted by molar-refractivity contribution is 0.102. The summed E-state index contributed by atoms with van der Waals surface area (Å²) in [6, 6.07) is 28.0. The van der Waals surface area contributed by atoms with Gasteiger partial charge in [-0.2, -0.15) is 5.10 Å². The number of hydrogen-bond donors (Lipinski definition) is 2. The number of fused-ring (bicyclic) bond motifs is 1. The van der Waals surface area contributed by atoms with Gasteiger partial charge >= 0.3 is 0 Å². The summed E-state index contributed by atoms with van der Waals surface area (Å²) in [5.74, 6) is -0.394. The first kappa shape index (κ1) is 18.5. The van der Waals surface area contributed by atoms with Crippen molar-refractivity contribution in [2.45, 2.75) is 0 Å². The molecule has 150 valence electrons. The summed E-state index contributed by atoms with van der Waals surface area (Å²) in [6.45, 7) is 0. The molecule has 0 saturated carbocycles. The van der Waals surface area contributed by atoms with Crippen LogP contribution in [0.3, 0.4) is 0 Å². The molecule has 0 unspecified atom stereocenters. The maximum absolute atomic E-state index is 12.9. The largest absolute Gasteiger partial charge is 0.292 e. The Bertz CT molecular complexity index is 1380. The fourth-order valence-corrected chi connectivity index (χ4v) is 3.39. The second-order valence-corrected chi connectivity index (χ2v) is 6.91. The van der Waals surface area contributed by atoms with E-state index >= 15 is 0 Å². The van der Waals surface area contributed by atoms with Crippen LogP contribution in [-0.2, 0) is 0 Å². The summed E-state index contributed by atoms with van der Waals surface area (Å²) in [6.07, 6.45) is 0. The van der Waals surface area contributed by atoms with E-state index in [0.717, 1.165) is 16.9 Å². The molecule has 7 heteroatoms. The zero-order chi connectivity index (χ0) is 21.2. The number of benzene rings is 3. The monoisotopic (exact) mass is 407 g/mol. The highest BCUT2D eigenvalue weighted by Crippen LogP contribution is 2.24. The number of rotatable bonds is 4. The number of aromatic amines is 1. The van der Waals surface area contributed by atoms with E-state index in [1.165, 1.54) is 0 Å². The van der Waals surface area contributed by atoms with Crippen LogP contribution in [0.25, 0.3) is 27.8 Å². The number of carbonyl (C=O) groups is 1. The molecule has 2 N–H and O–H groups in total. The maximum Gasteiger partial charge on any atom is 0.278 e. The lowest BCUT2D eigenvalue weighted by Crippen LogP contribution is -2.19. The molecule has 0 fully saturated rings. The lowest BCUT2D eigenvalue weighted by Gasteiger charge is -2.07. The average molecular weight is 407 g/mol. The fraction of sp³-hybridized carbons (Fsp3) is 0. The number of H-pyrrole nitrogens is 1. The first-order valence-corrected chi connectivity index (χ1v) is 9.70. The molecule has 0 aliphatic heterocycles. The van der Waals surface area contributed by atoms with E-state index in [-0.39, 0.29) is 17.2 Å². The van der Waals surface area contributed by atoms with E-state index < -0.39 is 5.91 Å². The average Bonchev–Trinajstić information content (AvgIpc) is 3.26. The second kappa shape index (κ2) is 7.72. The SMILES string of the molecule is O=C(Nc1nc2ccccc2c(=O)[nH]1)c1cc(-c2ccccc2)n(-c2ccccc2)n1. The molecule has 5 rings (SSSR count). The maximum atomic E-state index is 12.9. The van der Waals surface area contributed by atoms with Gasteiger partial charge in [0.05, 0.1) is 22.3 Å². The lowest BCUT2D eigenvalue weighted by atomic mass is 10.1. The molecule has 3 aromatic carbocycles. The molecule has 0 radical (unpaired) electrons. The molecular formula is C24H17N5O2. The smallest absolute Gasteiger partial charge is 0.278 e. The number of para-hydroxylation sites is 2. The number of hydrogen-bond acceptors (Lipinski definition) is 4. The second-order valence-electron chi connectivity index (χ2n) is 6.91. The Kier molecular flexibility index (Phi) is 4.61. The van der Waals surface area contributed by atoms with Gasteiger partial charge < -0.3 is 0 Å². The summed E-state index contributed by atoms with van der Waals surface area (Å²) >= 11 is 0. The third-order valence-electron chi connectivity index (χ3n) is 4.86. The van der Waals surface area contributed by atoms with E-state index in [4.69, 9.17) is 0 Å². The number of aromatic nitrogens is 4. The first-order valence-electron chi connectivity index (χ1n) is 9.70. The Hall–Kier alpha value is -4.52. The van der Waals surface area contributed by atoms with Crippen LogP contribution in [0.4, 0.5) is 5.95 Å². The van der Waals surface area contributed by atoms with Gasteiger partial charge in [-0.15, -0.1) is 0 Å². The van der Waals surface area contributed by atoms with Gasteiger partial charge in [0.2, 0.25) is 5.95 Å². The molecule has 2 heterocycles. The molecule has 0 aliphatic rings. The number of nitrogens with one attached hydrogen (secondary N) is 2. The summed E-state index contributed by atoms with van der Waals surface area (Å²) in [7, 11) is 0. The van der Waals surface area contributed by atoms with Crippen LogP contribution in [0.1, 0.15) is 10.5 Å². The van der Waals surface area contributed by atoms with Crippen molar-refractivity contribution < 1.29 is 4.79 Å². The molecule has 5 aromatic rings. The van der Waals surface area contributed by atoms with Gasteiger partial charge in [-0.1, -0.05) is 60.7 Å². The van der Waals surface area contributed by atoms with Crippen LogP contribution in [0.5, 0.6) is 0 Å². The molecule has 7 nitrogen and oxygen atoms in total. The summed E-state index contributed by atoms with van der Waals surface area (Å²) in [4.78, 5) is 32.1. The third kappa shape index (κ3) is 3.60. The predicted molar refractivity (Wildman–Crippen MR) is 119 cm³/mol. The minimum absolute atomic E-state index is 0.0734. The third-order valence-corrected chi connectivity index (χ3v) is 4.86. The number of carbonyl (C=O) groups excluding carboxylic acids is 1. The highest BCUT2D eigenvalue weighted by Gasteiger charge is 2.18. The van der Waals surface area contributed by atoms with Crippen LogP contribution >= 0.6 is 0 Å². The number of nitrogens with zero attached hydrogens (tertiary/aromatic N) is 3. The number of anilines is 1. The van der Waals surface area contributed by atoms with Gasteiger partial charge in [0.25, 0.3) is 11.5 Å². The van der Waals surface area contributed by atoms with Crippen molar-refractivity contribution in [2.75, 3.05) is 5.32 Å². The summed E-state index contributed by atoms with van der Waals surface area (Å²) in [5, 5.41) is 7.63. The minimum Gasteiger partial charge on any atom is -0.292 e. The van der Waals surface area contributed by atoms with Crippen LogP contribution < -0.4 is 10.9 Å². The zero-order valence-corrected chi connectivity index (χ0v) is 16.3. The van der Waals surface area contributed by atoms with E-state index in [2.05, 4.69) is 20.4 Å². The van der Waals surface area contributed by atoms with Crippen LogP contribution in [0, 0.1) is 0 Å². The molecule has 31 heavy (non-hydrogen) atoms. The molecule has 0 atom stereocenters. The van der Waals surface area contributed by atoms with E-state index in [9.17, 15) is 9.59 Å². The van der Waals surface area contributed by atoms with Crippen molar-refractivity contribution in [2.24, 2.45) is 0 Å².